The van der Waals surface area contributed by atoms with E-state index in [1.807, 2.05) is 24.3 Å². The van der Waals surface area contributed by atoms with Gasteiger partial charge in [0.1, 0.15) is 0 Å². The second-order valence-corrected chi connectivity index (χ2v) is 7.19. The van der Waals surface area contributed by atoms with Crippen LogP contribution in [0.3, 0.4) is 0 Å². The minimum atomic E-state index is 0.0955. The summed E-state index contributed by atoms with van der Waals surface area (Å²) in [5.74, 6) is 0. The van der Waals surface area contributed by atoms with E-state index in [1.54, 1.807) is 24.2 Å². The van der Waals surface area contributed by atoms with Gasteiger partial charge in [-0.25, -0.2) is 0 Å². The van der Waals surface area contributed by atoms with E-state index in [0.29, 0.717) is 0 Å². The van der Waals surface area contributed by atoms with Crippen LogP contribution in [0.5, 0.6) is 0 Å². The summed E-state index contributed by atoms with van der Waals surface area (Å²) in [6.07, 6.45) is 3.61. The Labute approximate surface area is 130 Å². The summed E-state index contributed by atoms with van der Waals surface area (Å²) in [6, 6.07) is 10.1. The van der Waals surface area contributed by atoms with E-state index in [4.69, 9.17) is 11.6 Å². The van der Waals surface area contributed by atoms with Crippen molar-refractivity contribution in [1.29, 1.82) is 0 Å². The van der Waals surface area contributed by atoms with Gasteiger partial charge in [0, 0.05) is 39.3 Å². The first-order valence-electron chi connectivity index (χ1n) is 6.55. The Morgan fingerprint density at radius 3 is 2.50 bits per heavy atom. The van der Waals surface area contributed by atoms with Crippen molar-refractivity contribution in [1.82, 2.24) is 10.3 Å². The van der Waals surface area contributed by atoms with Crippen LogP contribution in [0, 0.1) is 0 Å². The molecule has 0 unspecified atom stereocenters. The van der Waals surface area contributed by atoms with Crippen molar-refractivity contribution in [3.8, 4) is 0 Å². The molecule has 1 heterocycles. The van der Waals surface area contributed by atoms with Crippen LogP contribution in [0.25, 0.3) is 0 Å². The number of benzene rings is 1. The predicted octanol–water partition coefficient (Wildman–Crippen LogP) is 4.77. The highest BCUT2D eigenvalue weighted by Gasteiger charge is 2.11. The Bertz CT molecular complexity index is 564. The quantitative estimate of drug-likeness (QED) is 0.880. The van der Waals surface area contributed by atoms with Gasteiger partial charge in [-0.3, -0.25) is 4.98 Å². The molecule has 1 N–H and O–H groups in total. The van der Waals surface area contributed by atoms with Crippen LogP contribution < -0.4 is 5.32 Å². The first-order chi connectivity index (χ1) is 9.44. The molecule has 0 radical (unpaired) electrons. The summed E-state index contributed by atoms with van der Waals surface area (Å²) < 4.78 is 0. The van der Waals surface area contributed by atoms with E-state index in [9.17, 15) is 0 Å². The molecule has 20 heavy (non-hydrogen) atoms. The monoisotopic (exact) mass is 306 g/mol. The maximum absolute atomic E-state index is 6.13. The summed E-state index contributed by atoms with van der Waals surface area (Å²) >= 11 is 7.84. The molecule has 106 valence electrons. The van der Waals surface area contributed by atoms with E-state index in [2.05, 4.69) is 37.1 Å². The summed E-state index contributed by atoms with van der Waals surface area (Å²) in [4.78, 5) is 6.39. The zero-order chi connectivity index (χ0) is 14.6. The van der Waals surface area contributed by atoms with Crippen molar-refractivity contribution in [2.45, 2.75) is 42.6 Å². The van der Waals surface area contributed by atoms with Gasteiger partial charge in [0.25, 0.3) is 0 Å². The van der Waals surface area contributed by atoms with Crippen LogP contribution in [0.1, 0.15) is 26.3 Å². The molecule has 2 aromatic rings. The van der Waals surface area contributed by atoms with Crippen molar-refractivity contribution in [2.75, 3.05) is 0 Å². The minimum absolute atomic E-state index is 0.0955. The Hall–Kier alpha value is -1.03. The molecule has 0 bridgehead atoms. The fourth-order valence-electron chi connectivity index (χ4n) is 1.66. The lowest BCUT2D eigenvalue weighted by Crippen LogP contribution is -2.35. The number of hydrogen-bond acceptors (Lipinski definition) is 3. The Morgan fingerprint density at radius 1 is 1.15 bits per heavy atom. The molecule has 0 aliphatic heterocycles. The van der Waals surface area contributed by atoms with Crippen LogP contribution in [0.2, 0.25) is 5.02 Å². The van der Waals surface area contributed by atoms with Crippen LogP contribution in [0.4, 0.5) is 0 Å². The molecule has 1 aromatic heterocycles. The summed E-state index contributed by atoms with van der Waals surface area (Å²) in [5.41, 5.74) is 1.35. The highest BCUT2D eigenvalue weighted by molar-refractivity contribution is 7.99. The van der Waals surface area contributed by atoms with Crippen molar-refractivity contribution in [2.24, 2.45) is 0 Å². The van der Waals surface area contributed by atoms with E-state index < -0.39 is 0 Å². The van der Waals surface area contributed by atoms with Gasteiger partial charge in [0.15, 0.2) is 0 Å². The molecule has 0 saturated carbocycles. The number of aromatic nitrogens is 1. The maximum Gasteiger partial charge on any atom is 0.0417 e. The van der Waals surface area contributed by atoms with Crippen molar-refractivity contribution >= 4 is 23.4 Å². The lowest BCUT2D eigenvalue weighted by molar-refractivity contribution is 0.422. The number of pyridine rings is 1. The van der Waals surface area contributed by atoms with Gasteiger partial charge >= 0.3 is 0 Å². The zero-order valence-corrected chi connectivity index (χ0v) is 13.6. The van der Waals surface area contributed by atoms with Crippen LogP contribution in [-0.4, -0.2) is 10.5 Å². The van der Waals surface area contributed by atoms with Gasteiger partial charge in [-0.15, -0.1) is 0 Å². The lowest BCUT2D eigenvalue weighted by atomic mass is 10.1. The van der Waals surface area contributed by atoms with Gasteiger partial charge in [-0.1, -0.05) is 29.4 Å². The van der Waals surface area contributed by atoms with Crippen LogP contribution >= 0.6 is 23.4 Å². The Kier molecular flexibility index (Phi) is 5.08. The summed E-state index contributed by atoms with van der Waals surface area (Å²) in [5, 5.41) is 4.28. The molecule has 0 saturated heterocycles. The van der Waals surface area contributed by atoms with Gasteiger partial charge in [0.05, 0.1) is 0 Å². The second-order valence-electron chi connectivity index (χ2n) is 5.64. The molecular formula is C16H19ClN2S. The third-order valence-corrected chi connectivity index (χ3v) is 4.06. The fourth-order valence-corrected chi connectivity index (χ4v) is 2.87. The Morgan fingerprint density at radius 2 is 1.85 bits per heavy atom. The summed E-state index contributed by atoms with van der Waals surface area (Å²) in [7, 11) is 0. The molecule has 0 fully saturated rings. The molecule has 0 aliphatic carbocycles. The third kappa shape index (κ3) is 4.82. The molecule has 0 spiro atoms. The SMILES string of the molecule is CC(C)(C)NCc1ccc(Cl)cc1Sc1ccncc1. The normalized spacial score (nSPS) is 11.6. The van der Waals surface area contributed by atoms with E-state index in [1.165, 1.54) is 15.4 Å². The van der Waals surface area contributed by atoms with Gasteiger partial charge in [-0.2, -0.15) is 0 Å². The van der Waals surface area contributed by atoms with E-state index in [-0.39, 0.29) is 5.54 Å². The highest BCUT2D eigenvalue weighted by Crippen LogP contribution is 2.32. The van der Waals surface area contributed by atoms with Crippen LogP contribution in [-0.2, 0) is 6.54 Å². The number of nitrogens with zero attached hydrogens (tertiary/aromatic N) is 1. The molecule has 2 rings (SSSR count). The lowest BCUT2D eigenvalue weighted by Gasteiger charge is -2.21. The summed E-state index contributed by atoms with van der Waals surface area (Å²) in [6.45, 7) is 7.32. The number of nitrogens with one attached hydrogen (secondary N) is 1. The molecule has 0 amide bonds. The van der Waals surface area contributed by atoms with Crippen LogP contribution in [0.15, 0.2) is 52.5 Å². The molecule has 0 atom stereocenters. The molecule has 0 aliphatic rings. The topological polar surface area (TPSA) is 24.9 Å². The smallest absolute Gasteiger partial charge is 0.0417 e. The standard InChI is InChI=1S/C16H19ClN2S/c1-16(2,3)19-11-12-4-5-13(17)10-15(12)20-14-6-8-18-9-7-14/h4-10,19H,11H2,1-3H3. The Balaban J connectivity index is 2.20. The fraction of sp³-hybridized carbons (Fsp3) is 0.312. The zero-order valence-electron chi connectivity index (χ0n) is 12.0. The second kappa shape index (κ2) is 6.61. The number of rotatable bonds is 4. The van der Waals surface area contributed by atoms with Gasteiger partial charge in [0.2, 0.25) is 0 Å². The van der Waals surface area contributed by atoms with E-state index in [0.717, 1.165) is 11.6 Å². The average Bonchev–Trinajstić information content (AvgIpc) is 2.38. The van der Waals surface area contributed by atoms with Gasteiger partial charge < -0.3 is 5.32 Å². The first-order valence-corrected chi connectivity index (χ1v) is 7.75. The van der Waals surface area contributed by atoms with Crippen molar-refractivity contribution in [3.63, 3.8) is 0 Å². The predicted molar refractivity (Wildman–Crippen MR) is 86.4 cm³/mol. The van der Waals surface area contributed by atoms with Crippen molar-refractivity contribution in [3.05, 3.63) is 53.3 Å². The van der Waals surface area contributed by atoms with Crippen molar-refractivity contribution < 1.29 is 0 Å². The minimum Gasteiger partial charge on any atom is -0.308 e. The first kappa shape index (κ1) is 15.4. The molecule has 2 nitrogen and oxygen atoms in total. The third-order valence-electron chi connectivity index (χ3n) is 2.72. The van der Waals surface area contributed by atoms with Gasteiger partial charge in [-0.05, 0) is 50.6 Å². The number of halogens is 1. The molecular weight excluding hydrogens is 288 g/mol. The average molecular weight is 307 g/mol. The maximum atomic E-state index is 6.13. The molecule has 1 aromatic carbocycles. The highest BCUT2D eigenvalue weighted by atomic mass is 35.5. The largest absolute Gasteiger partial charge is 0.308 e. The molecule has 4 heteroatoms. The van der Waals surface area contributed by atoms with E-state index >= 15 is 0 Å². The number of hydrogen-bond donors (Lipinski definition) is 1.